The molecule has 1 aliphatic heterocycles. The second kappa shape index (κ2) is 6.43. The van der Waals surface area contributed by atoms with E-state index in [4.69, 9.17) is 9.47 Å². The lowest BCUT2D eigenvalue weighted by Crippen LogP contribution is -2.41. The molecule has 0 spiro atoms. The highest BCUT2D eigenvalue weighted by atomic mass is 16.7. The maximum atomic E-state index is 12.1. The van der Waals surface area contributed by atoms with Crippen molar-refractivity contribution in [2.24, 2.45) is 23.7 Å². The van der Waals surface area contributed by atoms with Crippen LogP contribution in [0.25, 0.3) is 0 Å². The number of carbonyl (C=O) groups is 1. The molecule has 0 aromatic carbocycles. The molecule has 0 N–H and O–H groups in total. The van der Waals surface area contributed by atoms with Crippen molar-refractivity contribution in [3.63, 3.8) is 0 Å². The van der Waals surface area contributed by atoms with Crippen LogP contribution < -0.4 is 0 Å². The second-order valence-corrected chi connectivity index (χ2v) is 7.74. The minimum absolute atomic E-state index is 0.153. The molecule has 6 atom stereocenters. The normalized spacial score (nSPS) is 40.7. The molecular formula is C20H30O3. The minimum Gasteiger partial charge on any atom is -0.428 e. The van der Waals surface area contributed by atoms with Crippen molar-refractivity contribution in [1.82, 2.24) is 0 Å². The van der Waals surface area contributed by atoms with Crippen LogP contribution in [0, 0.1) is 23.7 Å². The van der Waals surface area contributed by atoms with Crippen molar-refractivity contribution in [3.05, 3.63) is 22.8 Å². The molecule has 0 bridgehead atoms. The number of allylic oxidation sites excluding steroid dienone is 1. The van der Waals surface area contributed by atoms with Crippen molar-refractivity contribution in [1.29, 1.82) is 0 Å². The largest absolute Gasteiger partial charge is 0.428 e. The Hall–Kier alpha value is -1.09. The van der Waals surface area contributed by atoms with E-state index in [1.807, 2.05) is 6.92 Å². The lowest BCUT2D eigenvalue weighted by molar-refractivity contribution is -0.170. The Morgan fingerprint density at radius 3 is 2.74 bits per heavy atom. The van der Waals surface area contributed by atoms with Crippen LogP contribution in [0.15, 0.2) is 22.8 Å². The molecule has 2 saturated carbocycles. The number of ether oxygens (including phenoxy) is 2. The molecule has 3 unspecified atom stereocenters. The summed E-state index contributed by atoms with van der Waals surface area (Å²) in [6, 6.07) is 0. The molecule has 3 aliphatic rings. The fourth-order valence-electron chi connectivity index (χ4n) is 5.18. The number of fused-ring (bicyclic) bond motifs is 2. The van der Waals surface area contributed by atoms with Gasteiger partial charge in [0.25, 0.3) is 0 Å². The minimum atomic E-state index is -0.490. The van der Waals surface area contributed by atoms with Gasteiger partial charge < -0.3 is 9.47 Å². The zero-order chi connectivity index (χ0) is 16.7. The standard InChI is InChI=1S/C20H30O3/c1-6-11(2)19(21)23-20-14(5)18-13(4)17-12(3)8-7-9-15(17)10-16(18)22-20/h6,12-13,15-17,20H,7-10H2,1-5H3/b11-6-/t12-,13-,15?,16+,17?,20?/m0/s1. The molecule has 3 rings (SSSR count). The maximum absolute atomic E-state index is 12.1. The molecule has 0 saturated heterocycles. The first-order valence-electron chi connectivity index (χ1n) is 9.14. The first kappa shape index (κ1) is 16.8. The SMILES string of the molecule is C/C=C(/C)C(=O)OC1O[C@@H]2CC3CCC[C@H](C)C3[C@H](C)C2=C1C. The topological polar surface area (TPSA) is 35.5 Å². The molecule has 128 valence electrons. The van der Waals surface area contributed by atoms with Crippen molar-refractivity contribution < 1.29 is 14.3 Å². The molecule has 0 aromatic heterocycles. The van der Waals surface area contributed by atoms with E-state index >= 15 is 0 Å². The number of rotatable bonds is 2. The number of hydrogen-bond acceptors (Lipinski definition) is 3. The van der Waals surface area contributed by atoms with E-state index in [-0.39, 0.29) is 12.1 Å². The van der Waals surface area contributed by atoms with Gasteiger partial charge in [-0.3, -0.25) is 0 Å². The summed E-state index contributed by atoms with van der Waals surface area (Å²) in [6.07, 6.45) is 6.57. The van der Waals surface area contributed by atoms with E-state index in [0.29, 0.717) is 11.5 Å². The van der Waals surface area contributed by atoms with Gasteiger partial charge in [0.15, 0.2) is 0 Å². The molecule has 0 radical (unpaired) electrons. The predicted octanol–water partition coefficient (Wildman–Crippen LogP) is 4.63. The molecule has 2 fully saturated rings. The van der Waals surface area contributed by atoms with E-state index in [1.165, 1.54) is 24.8 Å². The Morgan fingerprint density at radius 1 is 1.30 bits per heavy atom. The van der Waals surface area contributed by atoms with Gasteiger partial charge in [-0.25, -0.2) is 4.79 Å². The van der Waals surface area contributed by atoms with Gasteiger partial charge in [-0.2, -0.15) is 0 Å². The highest BCUT2D eigenvalue weighted by Crippen LogP contribution is 2.52. The summed E-state index contributed by atoms with van der Waals surface area (Å²) in [6.45, 7) is 10.5. The zero-order valence-electron chi connectivity index (χ0n) is 15.1. The van der Waals surface area contributed by atoms with Crippen LogP contribution in [0.1, 0.15) is 60.3 Å². The molecule has 3 nitrogen and oxygen atoms in total. The first-order valence-corrected chi connectivity index (χ1v) is 9.14. The highest BCUT2D eigenvalue weighted by Gasteiger charge is 2.48. The average Bonchev–Trinajstić information content (AvgIpc) is 2.82. The smallest absolute Gasteiger partial charge is 0.335 e. The Balaban J connectivity index is 1.81. The molecule has 23 heavy (non-hydrogen) atoms. The summed E-state index contributed by atoms with van der Waals surface area (Å²) in [4.78, 5) is 12.1. The van der Waals surface area contributed by atoms with Gasteiger partial charge in [-0.1, -0.05) is 39.2 Å². The first-order chi connectivity index (χ1) is 10.9. The van der Waals surface area contributed by atoms with E-state index in [0.717, 1.165) is 29.7 Å². The Labute approximate surface area is 140 Å². The van der Waals surface area contributed by atoms with Crippen LogP contribution in [0.3, 0.4) is 0 Å². The lowest BCUT2D eigenvalue weighted by Gasteiger charge is -2.46. The summed E-state index contributed by atoms with van der Waals surface area (Å²) in [7, 11) is 0. The summed E-state index contributed by atoms with van der Waals surface area (Å²) in [5.41, 5.74) is 3.18. The highest BCUT2D eigenvalue weighted by molar-refractivity contribution is 5.87. The number of esters is 1. The third-order valence-corrected chi connectivity index (χ3v) is 6.43. The Kier molecular flexibility index (Phi) is 4.68. The fourth-order valence-corrected chi connectivity index (χ4v) is 5.18. The van der Waals surface area contributed by atoms with Gasteiger partial charge in [0.1, 0.15) is 0 Å². The van der Waals surface area contributed by atoms with E-state index < -0.39 is 6.29 Å². The number of carbonyl (C=O) groups excluding carboxylic acids is 1. The van der Waals surface area contributed by atoms with Gasteiger partial charge in [-0.05, 0) is 62.0 Å². The molecule has 3 heteroatoms. The fraction of sp³-hybridized carbons (Fsp3) is 0.750. The van der Waals surface area contributed by atoms with Crippen molar-refractivity contribution in [2.75, 3.05) is 0 Å². The average molecular weight is 318 g/mol. The van der Waals surface area contributed by atoms with Crippen molar-refractivity contribution >= 4 is 5.97 Å². The van der Waals surface area contributed by atoms with Crippen LogP contribution in [-0.2, 0) is 14.3 Å². The van der Waals surface area contributed by atoms with Gasteiger partial charge in [0.2, 0.25) is 6.29 Å². The lowest BCUT2D eigenvalue weighted by atomic mass is 9.59. The van der Waals surface area contributed by atoms with Gasteiger partial charge in [-0.15, -0.1) is 0 Å². The van der Waals surface area contributed by atoms with Crippen LogP contribution in [0.4, 0.5) is 0 Å². The van der Waals surface area contributed by atoms with Gasteiger partial charge in [0, 0.05) is 5.57 Å². The molecular weight excluding hydrogens is 288 g/mol. The van der Waals surface area contributed by atoms with E-state index in [9.17, 15) is 4.79 Å². The van der Waals surface area contributed by atoms with Crippen LogP contribution >= 0.6 is 0 Å². The maximum Gasteiger partial charge on any atom is 0.335 e. The van der Waals surface area contributed by atoms with E-state index in [1.54, 1.807) is 13.0 Å². The van der Waals surface area contributed by atoms with E-state index in [2.05, 4.69) is 20.8 Å². The quantitative estimate of drug-likeness (QED) is 0.423. The van der Waals surface area contributed by atoms with Crippen LogP contribution in [-0.4, -0.2) is 18.4 Å². The molecule has 2 aliphatic carbocycles. The third kappa shape index (κ3) is 2.88. The summed E-state index contributed by atoms with van der Waals surface area (Å²) in [5, 5.41) is 0. The number of hydrogen-bond donors (Lipinski definition) is 0. The summed E-state index contributed by atoms with van der Waals surface area (Å²) in [5.74, 6) is 2.59. The molecule has 1 heterocycles. The third-order valence-electron chi connectivity index (χ3n) is 6.43. The Bertz CT molecular complexity index is 545. The van der Waals surface area contributed by atoms with Crippen molar-refractivity contribution in [2.45, 2.75) is 72.7 Å². The monoisotopic (exact) mass is 318 g/mol. The molecule has 0 aromatic rings. The molecule has 0 amide bonds. The zero-order valence-corrected chi connectivity index (χ0v) is 15.1. The Morgan fingerprint density at radius 2 is 2.04 bits per heavy atom. The summed E-state index contributed by atoms with van der Waals surface area (Å²) >= 11 is 0. The van der Waals surface area contributed by atoms with Crippen LogP contribution in [0.5, 0.6) is 0 Å². The van der Waals surface area contributed by atoms with Gasteiger partial charge >= 0.3 is 5.97 Å². The van der Waals surface area contributed by atoms with Crippen molar-refractivity contribution in [3.8, 4) is 0 Å². The van der Waals surface area contributed by atoms with Gasteiger partial charge in [0.05, 0.1) is 6.10 Å². The predicted molar refractivity (Wildman–Crippen MR) is 90.7 cm³/mol. The summed E-state index contributed by atoms with van der Waals surface area (Å²) < 4.78 is 11.8. The second-order valence-electron chi connectivity index (χ2n) is 7.74. The van der Waals surface area contributed by atoms with Crippen LogP contribution in [0.2, 0.25) is 0 Å².